The van der Waals surface area contributed by atoms with Crippen LogP contribution in [-0.2, 0) is 14.4 Å². The number of nitrogens with one attached hydrogen (secondary N) is 1. The number of amides is 3. The lowest BCUT2D eigenvalue weighted by atomic mass is 9.85. The van der Waals surface area contributed by atoms with E-state index in [4.69, 9.17) is 5.73 Å². The van der Waals surface area contributed by atoms with E-state index in [0.29, 0.717) is 11.4 Å². The van der Waals surface area contributed by atoms with E-state index in [2.05, 4.69) is 5.32 Å². The summed E-state index contributed by atoms with van der Waals surface area (Å²) in [5.41, 5.74) is 8.01. The lowest BCUT2D eigenvalue weighted by Gasteiger charge is -2.26. The molecule has 2 atom stereocenters. The first-order valence-electron chi connectivity index (χ1n) is 8.48. The van der Waals surface area contributed by atoms with Crippen molar-refractivity contribution in [2.45, 2.75) is 51.5 Å². The van der Waals surface area contributed by atoms with Gasteiger partial charge in [0.25, 0.3) is 0 Å². The maximum atomic E-state index is 12.4. The fraction of sp³-hybridized carbons (Fsp3) is 0.500. The highest BCUT2D eigenvalue weighted by Gasteiger charge is 2.31. The second kappa shape index (κ2) is 7.97. The number of nitrogens with two attached hydrogens (primary N) is 1. The largest absolute Gasteiger partial charge is 0.328 e. The van der Waals surface area contributed by atoms with Crippen LogP contribution in [0.25, 0.3) is 0 Å². The van der Waals surface area contributed by atoms with Crippen LogP contribution in [-0.4, -0.2) is 23.8 Å². The van der Waals surface area contributed by atoms with E-state index < -0.39 is 0 Å². The SMILES string of the molecule is Cc1cc(NC(=O)C2CCCC(N)C2)ccc1N1C(=O)CCC1=O.Cl. The van der Waals surface area contributed by atoms with Gasteiger partial charge >= 0.3 is 0 Å². The number of halogens is 1. The molecule has 6 nitrogen and oxygen atoms in total. The Labute approximate surface area is 153 Å². The number of anilines is 2. The van der Waals surface area contributed by atoms with Crippen molar-refractivity contribution >= 4 is 41.5 Å². The number of carbonyl (C=O) groups is 3. The molecule has 136 valence electrons. The van der Waals surface area contributed by atoms with Gasteiger partial charge in [0.1, 0.15) is 0 Å². The average Bonchev–Trinajstić information content (AvgIpc) is 2.87. The van der Waals surface area contributed by atoms with Crippen LogP contribution in [0.4, 0.5) is 11.4 Å². The van der Waals surface area contributed by atoms with Gasteiger partial charge in [-0.05, 0) is 49.9 Å². The molecule has 0 aromatic heterocycles. The van der Waals surface area contributed by atoms with Crippen LogP contribution in [0, 0.1) is 12.8 Å². The first-order valence-corrected chi connectivity index (χ1v) is 8.48. The first kappa shape index (κ1) is 19.4. The third-order valence-electron chi connectivity index (χ3n) is 4.84. The van der Waals surface area contributed by atoms with E-state index in [9.17, 15) is 14.4 Å². The smallest absolute Gasteiger partial charge is 0.234 e. The molecule has 7 heteroatoms. The molecule has 2 unspecified atom stereocenters. The summed E-state index contributed by atoms with van der Waals surface area (Å²) in [6.07, 6.45) is 4.08. The van der Waals surface area contributed by atoms with Crippen molar-refractivity contribution in [1.29, 1.82) is 0 Å². The fourth-order valence-electron chi connectivity index (χ4n) is 3.54. The Hall–Kier alpha value is -1.92. The number of imide groups is 1. The molecule has 3 N–H and O–H groups in total. The number of hydrogen-bond acceptors (Lipinski definition) is 4. The van der Waals surface area contributed by atoms with E-state index in [-0.39, 0.29) is 54.9 Å². The molecular weight excluding hydrogens is 342 g/mol. The molecule has 0 spiro atoms. The van der Waals surface area contributed by atoms with Gasteiger partial charge in [-0.1, -0.05) is 6.42 Å². The van der Waals surface area contributed by atoms with Crippen molar-refractivity contribution in [3.05, 3.63) is 23.8 Å². The van der Waals surface area contributed by atoms with Gasteiger partial charge in [-0.2, -0.15) is 0 Å². The van der Waals surface area contributed by atoms with Gasteiger partial charge in [0.15, 0.2) is 0 Å². The number of carbonyl (C=O) groups excluding carboxylic acids is 3. The Morgan fingerprint density at radius 3 is 2.48 bits per heavy atom. The van der Waals surface area contributed by atoms with Gasteiger partial charge < -0.3 is 11.1 Å². The molecule has 0 bridgehead atoms. The molecule has 1 aliphatic heterocycles. The highest BCUT2D eigenvalue weighted by molar-refractivity contribution is 6.20. The molecule has 3 rings (SSSR count). The molecule has 25 heavy (non-hydrogen) atoms. The van der Waals surface area contributed by atoms with Crippen LogP contribution in [0.5, 0.6) is 0 Å². The molecule has 1 heterocycles. The molecule has 2 fully saturated rings. The molecule has 1 saturated heterocycles. The summed E-state index contributed by atoms with van der Waals surface area (Å²) in [5.74, 6) is -0.395. The maximum Gasteiger partial charge on any atom is 0.234 e. The second-order valence-electron chi connectivity index (χ2n) is 6.74. The number of hydrogen-bond donors (Lipinski definition) is 2. The third kappa shape index (κ3) is 4.19. The topological polar surface area (TPSA) is 92.5 Å². The molecule has 1 aromatic rings. The van der Waals surface area contributed by atoms with Crippen LogP contribution in [0.3, 0.4) is 0 Å². The minimum atomic E-state index is -0.170. The van der Waals surface area contributed by atoms with E-state index in [1.165, 1.54) is 4.90 Å². The van der Waals surface area contributed by atoms with Gasteiger partial charge in [0.05, 0.1) is 5.69 Å². The van der Waals surface area contributed by atoms with Gasteiger partial charge in [0, 0.05) is 30.5 Å². The maximum absolute atomic E-state index is 12.4. The highest BCUT2D eigenvalue weighted by Crippen LogP contribution is 2.29. The third-order valence-corrected chi connectivity index (χ3v) is 4.84. The Kier molecular flexibility index (Phi) is 6.19. The quantitative estimate of drug-likeness (QED) is 0.805. The average molecular weight is 366 g/mol. The molecular formula is C18H24ClN3O3. The Balaban J connectivity index is 0.00000225. The van der Waals surface area contributed by atoms with E-state index in [0.717, 1.165) is 31.2 Å². The first-order chi connectivity index (χ1) is 11.5. The lowest BCUT2D eigenvalue weighted by Crippen LogP contribution is -2.34. The van der Waals surface area contributed by atoms with Gasteiger partial charge in [-0.15, -0.1) is 12.4 Å². The van der Waals surface area contributed by atoms with Crippen molar-refractivity contribution in [3.8, 4) is 0 Å². The Bertz CT molecular complexity index is 676. The molecule has 2 aliphatic rings. The van der Waals surface area contributed by atoms with Crippen LogP contribution in [0.2, 0.25) is 0 Å². The van der Waals surface area contributed by atoms with Crippen LogP contribution >= 0.6 is 12.4 Å². The molecule has 0 radical (unpaired) electrons. The van der Waals surface area contributed by atoms with Crippen molar-refractivity contribution in [2.24, 2.45) is 11.7 Å². The summed E-state index contributed by atoms with van der Waals surface area (Å²) in [7, 11) is 0. The van der Waals surface area contributed by atoms with Crippen LogP contribution in [0.1, 0.15) is 44.1 Å². The minimum absolute atomic E-state index is 0. The number of nitrogens with zero attached hydrogens (tertiary/aromatic N) is 1. The monoisotopic (exact) mass is 365 g/mol. The summed E-state index contributed by atoms with van der Waals surface area (Å²) in [6.45, 7) is 1.83. The molecule has 1 saturated carbocycles. The zero-order valence-electron chi connectivity index (χ0n) is 14.3. The highest BCUT2D eigenvalue weighted by atomic mass is 35.5. The molecule has 3 amide bonds. The summed E-state index contributed by atoms with van der Waals surface area (Å²) in [5, 5.41) is 2.93. The van der Waals surface area contributed by atoms with Crippen molar-refractivity contribution < 1.29 is 14.4 Å². The second-order valence-corrected chi connectivity index (χ2v) is 6.74. The summed E-state index contributed by atoms with van der Waals surface area (Å²) in [4.78, 5) is 37.3. The van der Waals surface area contributed by atoms with E-state index >= 15 is 0 Å². The Morgan fingerprint density at radius 1 is 1.20 bits per heavy atom. The summed E-state index contributed by atoms with van der Waals surface area (Å²) >= 11 is 0. The van der Waals surface area contributed by atoms with Gasteiger partial charge in [-0.3, -0.25) is 19.3 Å². The van der Waals surface area contributed by atoms with E-state index in [1.807, 2.05) is 6.92 Å². The lowest BCUT2D eigenvalue weighted by molar-refractivity contribution is -0.122. The van der Waals surface area contributed by atoms with Gasteiger partial charge in [0.2, 0.25) is 17.7 Å². The standard InChI is InChI=1S/C18H23N3O3.ClH/c1-11-9-14(20-18(24)12-3-2-4-13(19)10-12)5-6-15(11)21-16(22)7-8-17(21)23;/h5-6,9,12-13H,2-4,7-8,10,19H2,1H3,(H,20,24);1H. The number of rotatable bonds is 3. The summed E-state index contributed by atoms with van der Waals surface area (Å²) < 4.78 is 0. The minimum Gasteiger partial charge on any atom is -0.328 e. The van der Waals surface area contributed by atoms with Crippen LogP contribution in [0.15, 0.2) is 18.2 Å². The number of benzene rings is 1. The fourth-order valence-corrected chi connectivity index (χ4v) is 3.54. The van der Waals surface area contributed by atoms with Crippen LogP contribution < -0.4 is 16.0 Å². The Morgan fingerprint density at radius 2 is 1.88 bits per heavy atom. The molecule has 1 aliphatic carbocycles. The predicted octanol–water partition coefficient (Wildman–Crippen LogP) is 2.53. The zero-order chi connectivity index (χ0) is 17.3. The van der Waals surface area contributed by atoms with Crippen molar-refractivity contribution in [3.63, 3.8) is 0 Å². The molecule has 1 aromatic carbocycles. The zero-order valence-corrected chi connectivity index (χ0v) is 15.1. The van der Waals surface area contributed by atoms with Crippen molar-refractivity contribution in [2.75, 3.05) is 10.2 Å². The summed E-state index contributed by atoms with van der Waals surface area (Å²) in [6, 6.07) is 5.36. The number of aryl methyl sites for hydroxylation is 1. The normalized spacial score (nSPS) is 23.4. The van der Waals surface area contributed by atoms with E-state index in [1.54, 1.807) is 18.2 Å². The van der Waals surface area contributed by atoms with Gasteiger partial charge in [-0.25, -0.2) is 0 Å². The van der Waals surface area contributed by atoms with Crippen molar-refractivity contribution in [1.82, 2.24) is 0 Å². The predicted molar refractivity (Wildman–Crippen MR) is 98.7 cm³/mol.